The molecule has 1 aliphatic heterocycles. The normalized spacial score (nSPS) is 14.3. The molecule has 1 atom stereocenters. The van der Waals surface area contributed by atoms with Crippen LogP contribution in [0.5, 0.6) is 0 Å². The standard InChI is InChI=1S/C21H20ClF3N6O2/c1-10(12-4-3-11(23)7-13(12)19(24)25)31-15-5-6-30(16-8-27-28-20(32)17(16)22)9-14(15)18(29-31)21(33)26-2/h3-4,7-8,10,19H,5-6,9H2,1-2H3,(H,26,33)(H,28,32)/t10-/m1/s1. The topological polar surface area (TPSA) is 95.9 Å². The molecule has 0 spiro atoms. The first-order chi connectivity index (χ1) is 15.7. The zero-order chi connectivity index (χ0) is 23.9. The van der Waals surface area contributed by atoms with E-state index in [1.54, 1.807) is 11.8 Å². The lowest BCUT2D eigenvalue weighted by Crippen LogP contribution is -2.33. The van der Waals surface area contributed by atoms with Crippen LogP contribution >= 0.6 is 11.6 Å². The lowest BCUT2D eigenvalue weighted by atomic mass is 9.99. The Morgan fingerprint density at radius 1 is 1.30 bits per heavy atom. The molecule has 0 fully saturated rings. The first-order valence-electron chi connectivity index (χ1n) is 10.1. The van der Waals surface area contributed by atoms with Crippen molar-refractivity contribution >= 4 is 23.2 Å². The van der Waals surface area contributed by atoms with Crippen molar-refractivity contribution in [3.8, 4) is 0 Å². The Kier molecular flexibility index (Phi) is 6.15. The molecule has 3 aromatic rings. The molecule has 2 aromatic heterocycles. The summed E-state index contributed by atoms with van der Waals surface area (Å²) in [6.07, 6.45) is -1.04. The van der Waals surface area contributed by atoms with E-state index in [0.29, 0.717) is 29.9 Å². The summed E-state index contributed by atoms with van der Waals surface area (Å²) in [5.74, 6) is -1.20. The number of benzene rings is 1. The van der Waals surface area contributed by atoms with Crippen LogP contribution in [0.3, 0.4) is 0 Å². The van der Waals surface area contributed by atoms with Crippen molar-refractivity contribution < 1.29 is 18.0 Å². The van der Waals surface area contributed by atoms with E-state index in [1.165, 1.54) is 24.0 Å². The molecule has 2 N–H and O–H groups in total. The van der Waals surface area contributed by atoms with Gasteiger partial charge >= 0.3 is 0 Å². The number of nitrogens with zero attached hydrogens (tertiary/aromatic N) is 4. The van der Waals surface area contributed by atoms with Gasteiger partial charge in [0.2, 0.25) is 0 Å². The van der Waals surface area contributed by atoms with E-state index in [0.717, 1.165) is 12.1 Å². The molecule has 0 bridgehead atoms. The smallest absolute Gasteiger partial charge is 0.285 e. The zero-order valence-corrected chi connectivity index (χ0v) is 18.5. The Bertz CT molecular complexity index is 1280. The van der Waals surface area contributed by atoms with Crippen LogP contribution in [0.25, 0.3) is 0 Å². The highest BCUT2D eigenvalue weighted by Gasteiger charge is 2.32. The predicted octanol–water partition coefficient (Wildman–Crippen LogP) is 3.23. The minimum atomic E-state index is -2.87. The number of H-pyrrole nitrogens is 1. The van der Waals surface area contributed by atoms with Crippen LogP contribution < -0.4 is 15.8 Å². The number of anilines is 1. The third-order valence-corrected chi connectivity index (χ3v) is 6.11. The number of rotatable bonds is 5. The van der Waals surface area contributed by atoms with Crippen LogP contribution in [0.2, 0.25) is 5.02 Å². The lowest BCUT2D eigenvalue weighted by Gasteiger charge is -2.30. The van der Waals surface area contributed by atoms with Gasteiger partial charge in [0.15, 0.2) is 5.69 Å². The van der Waals surface area contributed by atoms with E-state index in [1.807, 2.05) is 0 Å². The molecule has 4 rings (SSSR count). The summed E-state index contributed by atoms with van der Waals surface area (Å²) in [5.41, 5.74) is 1.08. The highest BCUT2D eigenvalue weighted by molar-refractivity contribution is 6.33. The average molecular weight is 481 g/mol. The molecule has 33 heavy (non-hydrogen) atoms. The molecule has 1 amide bonds. The number of aromatic amines is 1. The van der Waals surface area contributed by atoms with E-state index < -0.39 is 35.3 Å². The second-order valence-corrected chi connectivity index (χ2v) is 8.00. The quantitative estimate of drug-likeness (QED) is 0.584. The summed E-state index contributed by atoms with van der Waals surface area (Å²) in [5, 5.41) is 13.0. The molecule has 174 valence electrons. The van der Waals surface area contributed by atoms with Crippen molar-refractivity contribution in [3.63, 3.8) is 0 Å². The fourth-order valence-electron chi connectivity index (χ4n) is 4.11. The minimum Gasteiger partial charge on any atom is -0.364 e. The number of aromatic nitrogens is 4. The molecule has 0 radical (unpaired) electrons. The van der Waals surface area contributed by atoms with E-state index >= 15 is 0 Å². The van der Waals surface area contributed by atoms with Crippen molar-refractivity contribution in [2.75, 3.05) is 18.5 Å². The zero-order valence-electron chi connectivity index (χ0n) is 17.7. The van der Waals surface area contributed by atoms with Gasteiger partial charge in [0, 0.05) is 43.4 Å². The molecule has 3 heterocycles. The van der Waals surface area contributed by atoms with Crippen molar-refractivity contribution in [2.45, 2.75) is 32.4 Å². The second-order valence-electron chi connectivity index (χ2n) is 7.62. The number of carbonyl (C=O) groups is 1. The number of hydrogen-bond donors (Lipinski definition) is 2. The van der Waals surface area contributed by atoms with Crippen LogP contribution in [-0.4, -0.2) is 39.5 Å². The number of carbonyl (C=O) groups excluding carboxylic acids is 1. The van der Waals surface area contributed by atoms with Gasteiger partial charge in [0.05, 0.1) is 17.9 Å². The number of fused-ring (bicyclic) bond motifs is 1. The van der Waals surface area contributed by atoms with Crippen LogP contribution in [0, 0.1) is 5.82 Å². The minimum absolute atomic E-state index is 0.0245. The van der Waals surface area contributed by atoms with Crippen molar-refractivity contribution in [1.82, 2.24) is 25.3 Å². The number of amides is 1. The van der Waals surface area contributed by atoms with Crippen molar-refractivity contribution in [3.05, 3.63) is 73.7 Å². The molecule has 1 aromatic carbocycles. The number of alkyl halides is 2. The summed E-state index contributed by atoms with van der Waals surface area (Å²) in [7, 11) is 1.46. The van der Waals surface area contributed by atoms with Gasteiger partial charge in [0.1, 0.15) is 10.8 Å². The first kappa shape index (κ1) is 22.8. The largest absolute Gasteiger partial charge is 0.364 e. The number of hydrogen-bond acceptors (Lipinski definition) is 5. The highest BCUT2D eigenvalue weighted by Crippen LogP contribution is 2.34. The second kappa shape index (κ2) is 8.89. The summed E-state index contributed by atoms with van der Waals surface area (Å²) >= 11 is 6.15. The fourth-order valence-corrected chi connectivity index (χ4v) is 4.32. The summed E-state index contributed by atoms with van der Waals surface area (Å²) < 4.78 is 42.4. The molecule has 0 aliphatic carbocycles. The highest BCUT2D eigenvalue weighted by atomic mass is 35.5. The Morgan fingerprint density at radius 2 is 2.06 bits per heavy atom. The molecule has 0 saturated heterocycles. The third kappa shape index (κ3) is 4.08. The Morgan fingerprint density at radius 3 is 2.76 bits per heavy atom. The van der Waals surface area contributed by atoms with Gasteiger partial charge in [-0.3, -0.25) is 14.3 Å². The Balaban J connectivity index is 1.80. The summed E-state index contributed by atoms with van der Waals surface area (Å²) in [6.45, 7) is 2.30. The van der Waals surface area contributed by atoms with Crippen LogP contribution in [0.15, 0.2) is 29.2 Å². The Labute approximate surface area is 191 Å². The van der Waals surface area contributed by atoms with Gasteiger partial charge in [-0.15, -0.1) is 0 Å². The third-order valence-electron chi connectivity index (χ3n) is 5.75. The summed E-state index contributed by atoms with van der Waals surface area (Å²) in [4.78, 5) is 26.2. The molecule has 0 saturated carbocycles. The van der Waals surface area contributed by atoms with Crippen LogP contribution in [0.1, 0.15) is 52.3 Å². The SMILES string of the molecule is CNC(=O)c1nn([C@H](C)c2ccc(F)cc2C(F)F)c2c1CN(c1cn[nH]c(=O)c1Cl)CC2. The fraction of sp³-hybridized carbons (Fsp3) is 0.333. The maximum Gasteiger partial charge on any atom is 0.285 e. The van der Waals surface area contributed by atoms with Gasteiger partial charge in [-0.1, -0.05) is 17.7 Å². The molecule has 0 unspecified atom stereocenters. The molecule has 12 heteroatoms. The number of halogens is 4. The van der Waals surface area contributed by atoms with Gasteiger partial charge in [-0.25, -0.2) is 18.3 Å². The summed E-state index contributed by atoms with van der Waals surface area (Å²) in [6, 6.07) is 2.57. The first-order valence-corrected chi connectivity index (χ1v) is 10.5. The van der Waals surface area contributed by atoms with Gasteiger partial charge in [-0.05, 0) is 24.6 Å². The predicted molar refractivity (Wildman–Crippen MR) is 115 cm³/mol. The maximum atomic E-state index is 13.6. The Hall–Kier alpha value is -3.34. The molecule has 1 aliphatic rings. The average Bonchev–Trinajstić information content (AvgIpc) is 3.18. The van der Waals surface area contributed by atoms with Crippen LogP contribution in [-0.2, 0) is 13.0 Å². The van der Waals surface area contributed by atoms with Gasteiger partial charge in [0.25, 0.3) is 17.9 Å². The van der Waals surface area contributed by atoms with E-state index in [4.69, 9.17) is 11.6 Å². The van der Waals surface area contributed by atoms with Gasteiger partial charge < -0.3 is 10.2 Å². The van der Waals surface area contributed by atoms with E-state index in [2.05, 4.69) is 20.6 Å². The molecular weight excluding hydrogens is 461 g/mol. The monoisotopic (exact) mass is 480 g/mol. The van der Waals surface area contributed by atoms with Crippen LogP contribution in [0.4, 0.5) is 18.9 Å². The molecule has 8 nitrogen and oxygen atoms in total. The lowest BCUT2D eigenvalue weighted by molar-refractivity contribution is 0.0956. The van der Waals surface area contributed by atoms with Gasteiger partial charge in [-0.2, -0.15) is 10.2 Å². The molecular formula is C21H20ClF3N6O2. The van der Waals surface area contributed by atoms with Crippen molar-refractivity contribution in [1.29, 1.82) is 0 Å². The maximum absolute atomic E-state index is 13.6. The number of nitrogens with one attached hydrogen (secondary N) is 2. The van der Waals surface area contributed by atoms with Crippen molar-refractivity contribution in [2.24, 2.45) is 0 Å². The van der Waals surface area contributed by atoms with E-state index in [-0.39, 0.29) is 22.8 Å². The van der Waals surface area contributed by atoms with E-state index in [9.17, 15) is 22.8 Å².